The predicted octanol–water partition coefficient (Wildman–Crippen LogP) is 8.69. The predicted molar refractivity (Wildman–Crippen MR) is 234 cm³/mol. The summed E-state index contributed by atoms with van der Waals surface area (Å²) in [6, 6.07) is 37.5. The Bertz CT molecular complexity index is 1830. The highest BCUT2D eigenvalue weighted by Gasteiger charge is 1.93. The molecule has 0 unspecified atom stereocenters. The van der Waals surface area contributed by atoms with E-state index in [0.29, 0.717) is 34.8 Å². The average Bonchev–Trinajstić information content (AvgIpc) is 3.18. The fraction of sp³-hybridized carbons (Fsp3) is 0.200. The molecule has 0 aromatic heterocycles. The third kappa shape index (κ3) is 23.6. The van der Waals surface area contributed by atoms with Crippen LogP contribution in [0.3, 0.4) is 0 Å². The van der Waals surface area contributed by atoms with Crippen molar-refractivity contribution in [1.29, 1.82) is 0 Å². The van der Waals surface area contributed by atoms with Gasteiger partial charge >= 0.3 is 0 Å². The van der Waals surface area contributed by atoms with E-state index < -0.39 is 0 Å². The highest BCUT2D eigenvalue weighted by atomic mass is 16.1. The van der Waals surface area contributed by atoms with E-state index in [1.54, 1.807) is 60.7 Å². The maximum absolute atomic E-state index is 10.4. The van der Waals surface area contributed by atoms with Crippen molar-refractivity contribution in [2.24, 2.45) is 20.7 Å². The third-order valence-electron chi connectivity index (χ3n) is 6.45. The highest BCUT2D eigenvalue weighted by Crippen LogP contribution is 2.14. The lowest BCUT2D eigenvalue weighted by atomic mass is 10.1. The summed E-state index contributed by atoms with van der Waals surface area (Å²) in [6.07, 6.45) is 7.88. The Labute approximate surface area is 326 Å². The largest absolute Gasteiger partial charge is 0.399 e. The van der Waals surface area contributed by atoms with E-state index in [0.717, 1.165) is 58.3 Å². The molecule has 0 aliphatic carbocycles. The van der Waals surface area contributed by atoms with E-state index in [2.05, 4.69) is 28.8 Å². The quantitative estimate of drug-likeness (QED) is 0.0659. The number of carbonyl (C=O) groups is 3. The number of hydrogen-bond donors (Lipinski definition) is 4. The topological polar surface area (TPSA) is 192 Å². The van der Waals surface area contributed by atoms with Crippen LogP contribution in [0.2, 0.25) is 0 Å². The molecule has 0 amide bonds. The molecule has 5 aromatic rings. The molecule has 5 rings (SSSR count). The molecule has 0 saturated carbocycles. The second-order valence-corrected chi connectivity index (χ2v) is 12.9. The summed E-state index contributed by atoms with van der Waals surface area (Å²) < 4.78 is 0. The first kappa shape index (κ1) is 46.5. The molecule has 10 nitrogen and oxygen atoms in total. The smallest absolute Gasteiger partial charge is 0.150 e. The number of aliphatic imine (C=N–C) groups is 3. The number of carbonyl (C=O) groups excluding carboxylic acids is 3. The van der Waals surface area contributed by atoms with Gasteiger partial charge in [0.1, 0.15) is 18.9 Å². The first-order chi connectivity index (χ1) is 26.2. The lowest BCUT2D eigenvalue weighted by Crippen LogP contribution is -2.06. The second kappa shape index (κ2) is 27.1. The van der Waals surface area contributed by atoms with Crippen molar-refractivity contribution in [1.82, 2.24) is 0 Å². The van der Waals surface area contributed by atoms with Gasteiger partial charge < -0.3 is 22.9 Å². The standard InChI is InChI=1S/C17H19N3.C11H13NO.C8H6O2.C6H8N2.C3H9N/c1-13(2)19-11-14-3-5-15(6-4-14)12-20-17-9-7-16(18)8-10-17;1-9(2)12-7-10-3-5-11(8-13)6-4-10;9-5-7-1-2-8(6-10)4-3-7;7-5-1-2-6(8)4-3-5;1-3(2)4/h3-13H,18H2,1-2H3;3-9H,1-2H3;1-6H;1-4H,7-8H2;3H,4H2,1-2H3. The van der Waals surface area contributed by atoms with Gasteiger partial charge in [-0.05, 0) is 99.0 Å². The van der Waals surface area contributed by atoms with Crippen LogP contribution in [-0.2, 0) is 0 Å². The molecule has 0 radical (unpaired) electrons. The molecule has 288 valence electrons. The van der Waals surface area contributed by atoms with Gasteiger partial charge in [-0.25, -0.2) is 0 Å². The van der Waals surface area contributed by atoms with E-state index in [-0.39, 0.29) is 0 Å². The Hall–Kier alpha value is -6.52. The minimum Gasteiger partial charge on any atom is -0.399 e. The molecule has 55 heavy (non-hydrogen) atoms. The molecular weight excluding hydrogens is 687 g/mol. The summed E-state index contributed by atoms with van der Waals surface area (Å²) in [5, 5.41) is 0. The van der Waals surface area contributed by atoms with Crippen LogP contribution >= 0.6 is 0 Å². The number of nitrogens with zero attached hydrogens (tertiary/aromatic N) is 3. The number of hydrogen-bond acceptors (Lipinski definition) is 10. The van der Waals surface area contributed by atoms with Crippen molar-refractivity contribution in [2.45, 2.75) is 59.7 Å². The monoisotopic (exact) mass is 741 g/mol. The van der Waals surface area contributed by atoms with Crippen molar-refractivity contribution in [3.63, 3.8) is 0 Å². The van der Waals surface area contributed by atoms with Crippen LogP contribution in [0.25, 0.3) is 0 Å². The lowest BCUT2D eigenvalue weighted by molar-refractivity contribution is 0.111. The minimum atomic E-state index is 0.311. The van der Waals surface area contributed by atoms with Gasteiger partial charge in [-0.1, -0.05) is 86.6 Å². The van der Waals surface area contributed by atoms with Crippen molar-refractivity contribution < 1.29 is 14.4 Å². The summed E-state index contributed by atoms with van der Waals surface area (Å²) in [6.45, 7) is 12.1. The van der Waals surface area contributed by atoms with E-state index in [1.165, 1.54) is 0 Å². The van der Waals surface area contributed by atoms with Crippen molar-refractivity contribution >= 4 is 60.3 Å². The Balaban J connectivity index is 0.000000374. The van der Waals surface area contributed by atoms with E-state index in [9.17, 15) is 14.4 Å². The highest BCUT2D eigenvalue weighted by molar-refractivity contribution is 5.85. The van der Waals surface area contributed by atoms with Gasteiger partial charge in [-0.15, -0.1) is 0 Å². The Kier molecular flexibility index (Phi) is 22.9. The number of benzene rings is 5. The average molecular weight is 742 g/mol. The van der Waals surface area contributed by atoms with Gasteiger partial charge in [0.25, 0.3) is 0 Å². The molecule has 0 heterocycles. The van der Waals surface area contributed by atoms with Crippen LogP contribution in [0.1, 0.15) is 89.3 Å². The molecule has 8 N–H and O–H groups in total. The molecule has 10 heteroatoms. The van der Waals surface area contributed by atoms with E-state index >= 15 is 0 Å². The fourth-order valence-corrected chi connectivity index (χ4v) is 3.66. The zero-order valence-corrected chi connectivity index (χ0v) is 32.6. The first-order valence-electron chi connectivity index (χ1n) is 17.7. The van der Waals surface area contributed by atoms with Crippen LogP contribution in [0.4, 0.5) is 22.7 Å². The van der Waals surface area contributed by atoms with Crippen LogP contribution in [0.15, 0.2) is 136 Å². The zero-order chi connectivity index (χ0) is 41.0. The maximum Gasteiger partial charge on any atom is 0.150 e. The molecule has 0 atom stereocenters. The molecule has 0 aliphatic heterocycles. The van der Waals surface area contributed by atoms with Gasteiger partial charge in [0, 0.05) is 64.5 Å². The number of nitrogens with two attached hydrogens (primary N) is 4. The minimum absolute atomic E-state index is 0.311. The Morgan fingerprint density at radius 2 is 0.636 bits per heavy atom. The van der Waals surface area contributed by atoms with Crippen LogP contribution in [-0.4, -0.2) is 55.6 Å². The summed E-state index contributed by atoms with van der Waals surface area (Å²) in [7, 11) is 0. The molecule has 0 aliphatic rings. The SMILES string of the molecule is CC(C)N.CC(C)N=Cc1ccc(C=Nc2ccc(N)cc2)cc1.CC(C)N=Cc1ccc(C=O)cc1.Nc1ccc(N)cc1.O=Cc1ccc(C=O)cc1. The van der Waals surface area contributed by atoms with Crippen molar-refractivity contribution in [3.8, 4) is 0 Å². The van der Waals surface area contributed by atoms with Gasteiger partial charge in [0.15, 0.2) is 0 Å². The van der Waals surface area contributed by atoms with Crippen LogP contribution < -0.4 is 22.9 Å². The maximum atomic E-state index is 10.4. The Morgan fingerprint density at radius 3 is 0.891 bits per heavy atom. The van der Waals surface area contributed by atoms with Crippen LogP contribution in [0, 0.1) is 0 Å². The zero-order valence-electron chi connectivity index (χ0n) is 32.6. The third-order valence-corrected chi connectivity index (χ3v) is 6.45. The fourth-order valence-electron chi connectivity index (χ4n) is 3.66. The number of nitrogen functional groups attached to an aromatic ring is 3. The number of anilines is 3. The summed E-state index contributed by atoms with van der Waals surface area (Å²) in [5.74, 6) is 0. The van der Waals surface area contributed by atoms with Crippen LogP contribution in [0.5, 0.6) is 0 Å². The molecule has 0 saturated heterocycles. The Morgan fingerprint density at radius 1 is 0.400 bits per heavy atom. The number of aldehydes is 3. The van der Waals surface area contributed by atoms with E-state index in [1.807, 2.05) is 107 Å². The summed E-state index contributed by atoms with van der Waals surface area (Å²) >= 11 is 0. The normalized spacial score (nSPS) is 10.4. The summed E-state index contributed by atoms with van der Waals surface area (Å²) in [4.78, 5) is 43.6. The molecule has 0 bridgehead atoms. The van der Waals surface area contributed by atoms with Gasteiger partial charge in [-0.3, -0.25) is 29.4 Å². The van der Waals surface area contributed by atoms with Gasteiger partial charge in [0.05, 0.1) is 5.69 Å². The van der Waals surface area contributed by atoms with Gasteiger partial charge in [-0.2, -0.15) is 0 Å². The first-order valence-corrected chi connectivity index (χ1v) is 17.7. The van der Waals surface area contributed by atoms with E-state index in [4.69, 9.17) is 22.9 Å². The van der Waals surface area contributed by atoms with Crippen molar-refractivity contribution in [2.75, 3.05) is 17.2 Å². The molecule has 0 fully saturated rings. The lowest BCUT2D eigenvalue weighted by Gasteiger charge is -1.98. The molecule has 5 aromatic carbocycles. The molecule has 0 spiro atoms. The second-order valence-electron chi connectivity index (χ2n) is 12.9. The van der Waals surface area contributed by atoms with Gasteiger partial charge in [0.2, 0.25) is 0 Å². The molecular formula is C45H55N7O3. The van der Waals surface area contributed by atoms with Crippen molar-refractivity contribution in [3.05, 3.63) is 155 Å². The summed E-state index contributed by atoms with van der Waals surface area (Å²) in [5.41, 5.74) is 29.7. The number of rotatable bonds is 9.